The number of likely N-dealkylation sites (tertiary alicyclic amines) is 1. The third-order valence-electron chi connectivity index (χ3n) is 5.32. The lowest BCUT2D eigenvalue weighted by Crippen LogP contribution is -2.30. The molecule has 1 fully saturated rings. The summed E-state index contributed by atoms with van der Waals surface area (Å²) in [6.45, 7) is 2.50. The fourth-order valence-electron chi connectivity index (χ4n) is 3.78. The predicted molar refractivity (Wildman–Crippen MR) is 115 cm³/mol. The molecule has 1 aliphatic rings. The lowest BCUT2D eigenvalue weighted by Gasteiger charge is -2.26. The van der Waals surface area contributed by atoms with Crippen molar-refractivity contribution in [3.8, 4) is 11.5 Å². The van der Waals surface area contributed by atoms with Crippen molar-refractivity contribution >= 4 is 17.4 Å². The SMILES string of the molecule is CCCCCN1C(=O)C(=O)/C(=C(\O)c2cccc(OC)c2)C1c1ccccc1OC. The Bertz CT molecular complexity index is 966. The molecule has 6 nitrogen and oxygen atoms in total. The van der Waals surface area contributed by atoms with Crippen LogP contribution in [-0.4, -0.2) is 42.5 Å². The Kier molecular flexibility index (Phi) is 6.77. The second kappa shape index (κ2) is 9.48. The van der Waals surface area contributed by atoms with Gasteiger partial charge in [-0.3, -0.25) is 9.59 Å². The zero-order valence-electron chi connectivity index (χ0n) is 17.6. The van der Waals surface area contributed by atoms with Crippen molar-refractivity contribution in [2.45, 2.75) is 32.2 Å². The summed E-state index contributed by atoms with van der Waals surface area (Å²) in [5.74, 6) is -0.415. The van der Waals surface area contributed by atoms with Crippen LogP contribution in [0.5, 0.6) is 11.5 Å². The molecular formula is C24H27NO5. The van der Waals surface area contributed by atoms with Gasteiger partial charge in [-0.15, -0.1) is 0 Å². The molecule has 3 rings (SSSR count). The number of aliphatic hydroxyl groups is 1. The first kappa shape index (κ1) is 21.4. The van der Waals surface area contributed by atoms with Gasteiger partial charge in [-0.2, -0.15) is 0 Å². The Morgan fingerprint density at radius 1 is 1.03 bits per heavy atom. The van der Waals surface area contributed by atoms with Gasteiger partial charge in [0.25, 0.3) is 11.7 Å². The minimum Gasteiger partial charge on any atom is -0.507 e. The number of hydrogen-bond donors (Lipinski definition) is 1. The number of hydrogen-bond acceptors (Lipinski definition) is 5. The maximum Gasteiger partial charge on any atom is 0.295 e. The Balaban J connectivity index is 2.17. The van der Waals surface area contributed by atoms with E-state index in [-0.39, 0.29) is 11.3 Å². The molecule has 1 heterocycles. The van der Waals surface area contributed by atoms with Gasteiger partial charge in [0.15, 0.2) is 0 Å². The fraction of sp³-hybridized carbons (Fsp3) is 0.333. The molecule has 1 aliphatic heterocycles. The van der Waals surface area contributed by atoms with Crippen molar-refractivity contribution in [3.05, 3.63) is 65.2 Å². The summed E-state index contributed by atoms with van der Waals surface area (Å²) < 4.78 is 10.7. The Hall–Kier alpha value is -3.28. The third-order valence-corrected chi connectivity index (χ3v) is 5.32. The lowest BCUT2D eigenvalue weighted by atomic mass is 9.94. The van der Waals surface area contributed by atoms with Gasteiger partial charge in [-0.05, 0) is 24.6 Å². The van der Waals surface area contributed by atoms with Crippen LogP contribution in [-0.2, 0) is 9.59 Å². The number of unbranched alkanes of at least 4 members (excludes halogenated alkanes) is 2. The van der Waals surface area contributed by atoms with E-state index in [1.54, 1.807) is 42.3 Å². The molecule has 1 N–H and O–H groups in total. The van der Waals surface area contributed by atoms with Crippen LogP contribution in [0.2, 0.25) is 0 Å². The molecule has 6 heteroatoms. The topological polar surface area (TPSA) is 76.1 Å². The largest absolute Gasteiger partial charge is 0.507 e. The second-order valence-electron chi connectivity index (χ2n) is 7.17. The summed E-state index contributed by atoms with van der Waals surface area (Å²) >= 11 is 0. The highest BCUT2D eigenvalue weighted by Crippen LogP contribution is 2.42. The molecule has 30 heavy (non-hydrogen) atoms. The number of nitrogens with zero attached hydrogens (tertiary/aromatic N) is 1. The molecule has 0 spiro atoms. The number of carbonyl (C=O) groups is 2. The van der Waals surface area contributed by atoms with E-state index in [0.29, 0.717) is 29.2 Å². The summed E-state index contributed by atoms with van der Waals surface area (Å²) in [5, 5.41) is 11.1. The van der Waals surface area contributed by atoms with Gasteiger partial charge in [-0.1, -0.05) is 50.1 Å². The maximum absolute atomic E-state index is 13.0. The Morgan fingerprint density at radius 3 is 2.50 bits per heavy atom. The van der Waals surface area contributed by atoms with Gasteiger partial charge in [0.05, 0.1) is 25.8 Å². The van der Waals surface area contributed by atoms with Crippen LogP contribution in [0.15, 0.2) is 54.1 Å². The summed E-state index contributed by atoms with van der Waals surface area (Å²) in [5.41, 5.74) is 1.15. The average molecular weight is 409 g/mol. The molecule has 2 aromatic rings. The minimum absolute atomic E-state index is 0.0641. The minimum atomic E-state index is -0.718. The maximum atomic E-state index is 13.0. The molecule has 0 bridgehead atoms. The molecule has 0 saturated carbocycles. The van der Waals surface area contributed by atoms with E-state index in [1.165, 1.54) is 7.11 Å². The first-order valence-electron chi connectivity index (χ1n) is 10.1. The van der Waals surface area contributed by atoms with Crippen molar-refractivity contribution in [2.75, 3.05) is 20.8 Å². The highest BCUT2D eigenvalue weighted by molar-refractivity contribution is 6.46. The summed E-state index contributed by atoms with van der Waals surface area (Å²) in [7, 11) is 3.07. The third kappa shape index (κ3) is 4.03. The molecule has 158 valence electrons. The molecule has 1 amide bonds. The molecule has 0 aliphatic carbocycles. The Labute approximate surface area is 176 Å². The molecule has 2 aromatic carbocycles. The van der Waals surface area contributed by atoms with Crippen molar-refractivity contribution in [1.29, 1.82) is 0 Å². The van der Waals surface area contributed by atoms with Crippen LogP contribution in [0.1, 0.15) is 43.4 Å². The first-order valence-corrected chi connectivity index (χ1v) is 10.1. The zero-order chi connectivity index (χ0) is 21.7. The smallest absolute Gasteiger partial charge is 0.295 e. The highest BCUT2D eigenvalue weighted by atomic mass is 16.5. The number of carbonyl (C=O) groups excluding carboxylic acids is 2. The van der Waals surface area contributed by atoms with Crippen LogP contribution < -0.4 is 9.47 Å². The van der Waals surface area contributed by atoms with E-state index in [2.05, 4.69) is 6.92 Å². The molecule has 0 aromatic heterocycles. The Morgan fingerprint density at radius 2 is 1.80 bits per heavy atom. The van der Waals surface area contributed by atoms with Gasteiger partial charge in [-0.25, -0.2) is 0 Å². The summed E-state index contributed by atoms with van der Waals surface area (Å²) in [6.07, 6.45) is 2.71. The first-order chi connectivity index (χ1) is 14.5. The fourth-order valence-corrected chi connectivity index (χ4v) is 3.78. The van der Waals surface area contributed by atoms with Gasteiger partial charge >= 0.3 is 0 Å². The second-order valence-corrected chi connectivity index (χ2v) is 7.17. The van der Waals surface area contributed by atoms with E-state index in [4.69, 9.17) is 9.47 Å². The number of benzene rings is 2. The number of rotatable bonds is 8. The van der Waals surface area contributed by atoms with Crippen molar-refractivity contribution in [3.63, 3.8) is 0 Å². The molecular weight excluding hydrogens is 382 g/mol. The van der Waals surface area contributed by atoms with Crippen LogP contribution >= 0.6 is 0 Å². The molecule has 1 saturated heterocycles. The zero-order valence-corrected chi connectivity index (χ0v) is 17.6. The van der Waals surface area contributed by atoms with E-state index < -0.39 is 17.7 Å². The monoisotopic (exact) mass is 409 g/mol. The number of ether oxygens (including phenoxy) is 2. The highest BCUT2D eigenvalue weighted by Gasteiger charge is 2.46. The van der Waals surface area contributed by atoms with Crippen LogP contribution in [0.25, 0.3) is 5.76 Å². The summed E-state index contributed by atoms with van der Waals surface area (Å²) in [4.78, 5) is 27.5. The van der Waals surface area contributed by atoms with Gasteiger partial charge in [0.1, 0.15) is 17.3 Å². The van der Waals surface area contributed by atoms with Crippen molar-refractivity contribution in [2.24, 2.45) is 0 Å². The molecule has 1 unspecified atom stereocenters. The van der Waals surface area contributed by atoms with E-state index in [1.807, 2.05) is 18.2 Å². The van der Waals surface area contributed by atoms with Crippen molar-refractivity contribution < 1.29 is 24.2 Å². The van der Waals surface area contributed by atoms with Crippen LogP contribution in [0.3, 0.4) is 0 Å². The predicted octanol–water partition coefficient (Wildman–Crippen LogP) is 4.32. The van der Waals surface area contributed by atoms with E-state index in [0.717, 1.165) is 19.3 Å². The number of Topliss-reactive ketones (excluding diaryl/α,β-unsaturated/α-hetero) is 1. The molecule has 0 radical (unpaired) electrons. The number of aliphatic hydroxyl groups excluding tert-OH is 1. The van der Waals surface area contributed by atoms with E-state index >= 15 is 0 Å². The van der Waals surface area contributed by atoms with Gasteiger partial charge in [0.2, 0.25) is 0 Å². The summed E-state index contributed by atoms with van der Waals surface area (Å²) in [6, 6.07) is 13.3. The number of para-hydroxylation sites is 1. The van der Waals surface area contributed by atoms with Gasteiger partial charge < -0.3 is 19.5 Å². The van der Waals surface area contributed by atoms with Gasteiger partial charge in [0, 0.05) is 17.7 Å². The number of methoxy groups -OCH3 is 2. The normalized spacial score (nSPS) is 18.0. The molecule has 1 atom stereocenters. The van der Waals surface area contributed by atoms with Crippen LogP contribution in [0, 0.1) is 0 Å². The van der Waals surface area contributed by atoms with Crippen LogP contribution in [0.4, 0.5) is 0 Å². The van der Waals surface area contributed by atoms with E-state index in [9.17, 15) is 14.7 Å². The lowest BCUT2D eigenvalue weighted by molar-refractivity contribution is -0.139. The number of ketones is 1. The quantitative estimate of drug-likeness (QED) is 0.304. The van der Waals surface area contributed by atoms with Crippen molar-refractivity contribution in [1.82, 2.24) is 4.90 Å². The standard InChI is InChI=1S/C24H27NO5/c1-4-5-8-14-25-21(18-12-6-7-13-19(18)30-3)20(23(27)24(25)28)22(26)16-10-9-11-17(15-16)29-2/h6-7,9-13,15,21,26H,4-5,8,14H2,1-3H3/b22-20-. The number of amides is 1. The average Bonchev–Trinajstić information content (AvgIpc) is 3.03.